The summed E-state index contributed by atoms with van der Waals surface area (Å²) in [5, 5.41) is 8.42. The van der Waals surface area contributed by atoms with Crippen LogP contribution >= 0.6 is 11.3 Å². The Kier molecular flexibility index (Phi) is 1.48. The van der Waals surface area contributed by atoms with Gasteiger partial charge in [-0.05, 0) is 6.92 Å². The van der Waals surface area contributed by atoms with Crippen LogP contribution in [0.4, 0.5) is 0 Å². The summed E-state index contributed by atoms with van der Waals surface area (Å²) in [4.78, 5) is 14.4. The Hall–Kier alpha value is -0.900. The molecule has 9 heavy (non-hydrogen) atoms. The van der Waals surface area contributed by atoms with Crippen molar-refractivity contribution in [1.29, 1.82) is 0 Å². The van der Waals surface area contributed by atoms with Gasteiger partial charge >= 0.3 is 5.97 Å². The molecule has 0 amide bonds. The Morgan fingerprint density at radius 2 is 2.56 bits per heavy atom. The number of carbonyl (C=O) groups is 1. The first-order chi connectivity index (χ1) is 4.22. The number of aromatic nitrogens is 1. The van der Waals surface area contributed by atoms with Crippen LogP contribution in [0.25, 0.3) is 0 Å². The predicted octanol–water partition coefficient (Wildman–Crippen LogP) is 1.15. The van der Waals surface area contributed by atoms with Crippen molar-refractivity contribution < 1.29 is 9.90 Å². The van der Waals surface area contributed by atoms with Crippen molar-refractivity contribution in [3.05, 3.63) is 16.1 Å². The van der Waals surface area contributed by atoms with Crippen molar-refractivity contribution in [2.75, 3.05) is 0 Å². The van der Waals surface area contributed by atoms with E-state index in [-0.39, 0.29) is 0 Å². The van der Waals surface area contributed by atoms with Crippen LogP contribution in [-0.2, 0) is 0 Å². The average Bonchev–Trinajstić information content (AvgIpc) is 2.13. The van der Waals surface area contributed by atoms with Crippen LogP contribution in [0, 0.1) is 6.92 Å². The lowest BCUT2D eigenvalue weighted by Crippen LogP contribution is -1.94. The molecular formula is C5H5NO2S. The minimum absolute atomic E-state index is 0.329. The molecule has 1 rings (SSSR count). The fourth-order valence-corrected chi connectivity index (χ4v) is 1.15. The molecule has 0 spiro atoms. The zero-order valence-electron chi connectivity index (χ0n) is 4.79. The number of aryl methyl sites for hydroxylation is 1. The lowest BCUT2D eigenvalue weighted by atomic mass is 10.5. The maximum atomic E-state index is 10.3. The normalized spacial score (nSPS) is 9.44. The van der Waals surface area contributed by atoms with E-state index in [1.165, 1.54) is 5.51 Å². The van der Waals surface area contributed by atoms with Crippen LogP contribution < -0.4 is 0 Å². The lowest BCUT2D eigenvalue weighted by molar-refractivity contribution is 0.0701. The molecule has 0 aromatic carbocycles. The van der Waals surface area contributed by atoms with Gasteiger partial charge in [-0.3, -0.25) is 0 Å². The number of rotatable bonds is 1. The standard InChI is InChI=1S/C5H5NO2S/c1-3-4(5(7)8)9-2-6-3/h2H,1H3,(H,7,8)/i5+1. The highest BCUT2D eigenvalue weighted by molar-refractivity contribution is 7.11. The molecule has 1 aromatic heterocycles. The highest BCUT2D eigenvalue weighted by Gasteiger charge is 2.07. The van der Waals surface area contributed by atoms with Gasteiger partial charge in [-0.15, -0.1) is 11.3 Å². The third kappa shape index (κ3) is 1.08. The molecule has 3 nitrogen and oxygen atoms in total. The number of hydrogen-bond acceptors (Lipinski definition) is 3. The average molecular weight is 144 g/mol. The molecule has 0 aliphatic carbocycles. The number of hydrogen-bond donors (Lipinski definition) is 1. The Balaban J connectivity index is 3.08. The second-order valence-electron chi connectivity index (χ2n) is 1.57. The van der Waals surface area contributed by atoms with Crippen LogP contribution in [0.1, 0.15) is 15.4 Å². The molecule has 0 bridgehead atoms. The van der Waals surface area contributed by atoms with Crippen molar-refractivity contribution in [2.45, 2.75) is 6.92 Å². The largest absolute Gasteiger partial charge is 0.477 e. The maximum absolute atomic E-state index is 10.3. The zero-order valence-corrected chi connectivity index (χ0v) is 5.60. The SMILES string of the molecule is Cc1ncsc1[13C](=O)O. The Morgan fingerprint density at radius 3 is 2.78 bits per heavy atom. The van der Waals surface area contributed by atoms with Gasteiger partial charge < -0.3 is 5.11 Å². The minimum Gasteiger partial charge on any atom is -0.477 e. The predicted molar refractivity (Wildman–Crippen MR) is 33.8 cm³/mol. The molecule has 1 N–H and O–H groups in total. The molecule has 1 heterocycles. The summed E-state index contributed by atoms with van der Waals surface area (Å²) in [6.07, 6.45) is 0. The van der Waals surface area contributed by atoms with E-state index in [0.717, 1.165) is 11.3 Å². The van der Waals surface area contributed by atoms with E-state index in [1.807, 2.05) is 0 Å². The number of thiazole rings is 1. The van der Waals surface area contributed by atoms with Crippen LogP contribution in [-0.4, -0.2) is 16.1 Å². The van der Waals surface area contributed by atoms with Gasteiger partial charge in [0.1, 0.15) is 4.88 Å². The second-order valence-corrected chi connectivity index (χ2v) is 2.43. The molecule has 0 aliphatic heterocycles. The molecule has 4 heteroatoms. The quantitative estimate of drug-likeness (QED) is 0.601. The van der Waals surface area contributed by atoms with Gasteiger partial charge in [0, 0.05) is 0 Å². The summed E-state index contributed by atoms with van der Waals surface area (Å²) in [5.41, 5.74) is 2.12. The van der Waals surface area contributed by atoms with E-state index in [0.29, 0.717) is 10.6 Å². The highest BCUT2D eigenvalue weighted by Crippen LogP contribution is 2.10. The van der Waals surface area contributed by atoms with E-state index in [1.54, 1.807) is 6.92 Å². The van der Waals surface area contributed by atoms with E-state index >= 15 is 0 Å². The Morgan fingerprint density at radius 1 is 1.89 bits per heavy atom. The molecular weight excluding hydrogens is 139 g/mol. The summed E-state index contributed by atoms with van der Waals surface area (Å²) >= 11 is 1.15. The van der Waals surface area contributed by atoms with Gasteiger partial charge in [-0.1, -0.05) is 0 Å². The minimum atomic E-state index is -0.894. The lowest BCUT2D eigenvalue weighted by Gasteiger charge is -1.84. The maximum Gasteiger partial charge on any atom is 0.347 e. The first-order valence-electron chi connectivity index (χ1n) is 2.35. The van der Waals surface area contributed by atoms with Crippen molar-refractivity contribution in [3.8, 4) is 0 Å². The topological polar surface area (TPSA) is 50.2 Å². The van der Waals surface area contributed by atoms with Gasteiger partial charge in [0.2, 0.25) is 0 Å². The highest BCUT2D eigenvalue weighted by atomic mass is 32.1. The molecule has 0 unspecified atom stereocenters. The summed E-state index contributed by atoms with van der Waals surface area (Å²) < 4.78 is 0. The zero-order chi connectivity index (χ0) is 6.85. The van der Waals surface area contributed by atoms with Crippen molar-refractivity contribution in [3.63, 3.8) is 0 Å². The Bertz CT molecular complexity index is 231. The first kappa shape index (κ1) is 6.22. The molecule has 1 aromatic rings. The number of carboxylic acid groups (broad SMARTS) is 1. The van der Waals surface area contributed by atoms with E-state index < -0.39 is 5.97 Å². The molecule has 0 atom stereocenters. The van der Waals surface area contributed by atoms with Gasteiger partial charge in [-0.2, -0.15) is 0 Å². The molecule has 0 radical (unpaired) electrons. The summed E-state index contributed by atoms with van der Waals surface area (Å²) in [6.45, 7) is 1.68. The van der Waals surface area contributed by atoms with Gasteiger partial charge in [0.05, 0.1) is 11.2 Å². The summed E-state index contributed by atoms with van der Waals surface area (Å²) in [5.74, 6) is -0.894. The fourth-order valence-electron chi connectivity index (χ4n) is 0.507. The van der Waals surface area contributed by atoms with Crippen LogP contribution in [0.15, 0.2) is 5.51 Å². The Labute approximate surface area is 56.0 Å². The van der Waals surface area contributed by atoms with Gasteiger partial charge in [-0.25, -0.2) is 9.78 Å². The molecule has 0 fully saturated rings. The molecule has 0 saturated heterocycles. The number of nitrogens with zero attached hydrogens (tertiary/aromatic N) is 1. The fraction of sp³-hybridized carbons (Fsp3) is 0.200. The summed E-state index contributed by atoms with van der Waals surface area (Å²) in [7, 11) is 0. The third-order valence-electron chi connectivity index (χ3n) is 0.940. The molecule has 48 valence electrons. The van der Waals surface area contributed by atoms with Crippen molar-refractivity contribution in [2.24, 2.45) is 0 Å². The monoisotopic (exact) mass is 144 g/mol. The molecule has 0 aliphatic rings. The van der Waals surface area contributed by atoms with E-state index in [2.05, 4.69) is 4.98 Å². The third-order valence-corrected chi connectivity index (χ3v) is 1.86. The smallest absolute Gasteiger partial charge is 0.347 e. The number of carboxylic acids is 1. The number of aromatic carboxylic acids is 1. The van der Waals surface area contributed by atoms with Crippen LogP contribution in [0.2, 0.25) is 0 Å². The van der Waals surface area contributed by atoms with Crippen molar-refractivity contribution >= 4 is 17.3 Å². The van der Waals surface area contributed by atoms with Crippen molar-refractivity contribution in [1.82, 2.24) is 4.98 Å². The van der Waals surface area contributed by atoms with Gasteiger partial charge in [0.15, 0.2) is 0 Å². The second kappa shape index (κ2) is 2.14. The van der Waals surface area contributed by atoms with E-state index in [4.69, 9.17) is 5.11 Å². The van der Waals surface area contributed by atoms with E-state index in [9.17, 15) is 4.79 Å². The molecule has 0 saturated carbocycles. The first-order valence-corrected chi connectivity index (χ1v) is 3.23. The van der Waals surface area contributed by atoms with Gasteiger partial charge in [0.25, 0.3) is 0 Å². The van der Waals surface area contributed by atoms with Crippen LogP contribution in [0.3, 0.4) is 0 Å². The summed E-state index contributed by atoms with van der Waals surface area (Å²) in [6, 6.07) is 0. The van der Waals surface area contributed by atoms with Crippen LogP contribution in [0.5, 0.6) is 0 Å².